The second kappa shape index (κ2) is 4.24. The first kappa shape index (κ1) is 10.4. The van der Waals surface area contributed by atoms with Crippen LogP contribution in [0.4, 0.5) is 4.79 Å². The third-order valence-electron chi connectivity index (χ3n) is 3.26. The molecule has 1 aliphatic carbocycles. The molecule has 2 heterocycles. The molecule has 90 valence electrons. The Morgan fingerprint density at radius 3 is 3.24 bits per heavy atom. The number of aromatic nitrogens is 1. The van der Waals surface area contributed by atoms with Crippen LogP contribution in [0.5, 0.6) is 0 Å². The zero-order chi connectivity index (χ0) is 11.7. The first-order valence-corrected chi connectivity index (χ1v) is 6.09. The van der Waals surface area contributed by atoms with Crippen LogP contribution in [-0.2, 0) is 6.54 Å². The lowest BCUT2D eigenvalue weighted by atomic mass is 10.2. The highest BCUT2D eigenvalue weighted by Crippen LogP contribution is 2.27. The molecule has 1 aliphatic heterocycles. The molecular weight excluding hydrogens is 216 g/mol. The Labute approximate surface area is 99.9 Å². The molecule has 2 amide bonds. The van der Waals surface area contributed by atoms with Crippen molar-refractivity contribution in [3.63, 3.8) is 0 Å². The number of fused-ring (bicyclic) bond motifs is 1. The van der Waals surface area contributed by atoms with Gasteiger partial charge in [0.15, 0.2) is 0 Å². The first-order valence-electron chi connectivity index (χ1n) is 6.09. The zero-order valence-electron chi connectivity index (χ0n) is 9.65. The number of hydrazone groups is 1. The number of urea groups is 1. The van der Waals surface area contributed by atoms with E-state index in [1.54, 1.807) is 0 Å². The summed E-state index contributed by atoms with van der Waals surface area (Å²) in [7, 11) is 0. The smallest absolute Gasteiger partial charge is 0.335 e. The van der Waals surface area contributed by atoms with Crippen molar-refractivity contribution < 1.29 is 4.79 Å². The summed E-state index contributed by atoms with van der Waals surface area (Å²) in [6.45, 7) is 1.72. The lowest BCUT2D eigenvalue weighted by Crippen LogP contribution is -2.34. The van der Waals surface area contributed by atoms with E-state index in [0.29, 0.717) is 5.92 Å². The molecule has 1 aromatic rings. The summed E-state index contributed by atoms with van der Waals surface area (Å²) >= 11 is 0. The average Bonchev–Trinajstić information content (AvgIpc) is 2.89. The molecule has 0 atom stereocenters. The van der Waals surface area contributed by atoms with Gasteiger partial charge in [-0.1, -0.05) is 0 Å². The number of aryl methyl sites for hydroxylation is 1. The van der Waals surface area contributed by atoms with Crippen LogP contribution in [0.15, 0.2) is 23.4 Å². The summed E-state index contributed by atoms with van der Waals surface area (Å²) in [5.41, 5.74) is 4.62. The summed E-state index contributed by atoms with van der Waals surface area (Å²) in [4.78, 5) is 11.4. The quantitative estimate of drug-likeness (QED) is 0.758. The van der Waals surface area contributed by atoms with Crippen LogP contribution >= 0.6 is 0 Å². The molecule has 17 heavy (non-hydrogen) atoms. The maximum absolute atomic E-state index is 11.4. The number of amides is 2. The molecule has 0 radical (unpaired) electrons. The maximum Gasteiger partial charge on any atom is 0.335 e. The zero-order valence-corrected chi connectivity index (χ0v) is 9.65. The minimum Gasteiger partial charge on any atom is -0.346 e. The molecule has 1 fully saturated rings. The van der Waals surface area contributed by atoms with Crippen molar-refractivity contribution in [2.75, 3.05) is 6.54 Å². The van der Waals surface area contributed by atoms with Crippen molar-refractivity contribution in [3.05, 3.63) is 24.0 Å². The Morgan fingerprint density at radius 1 is 1.53 bits per heavy atom. The van der Waals surface area contributed by atoms with E-state index >= 15 is 0 Å². The van der Waals surface area contributed by atoms with Crippen LogP contribution in [0.3, 0.4) is 0 Å². The predicted octanol–water partition coefficient (Wildman–Crippen LogP) is 1.31. The fraction of sp³-hybridized carbons (Fsp3) is 0.500. The predicted molar refractivity (Wildman–Crippen MR) is 64.8 cm³/mol. The van der Waals surface area contributed by atoms with E-state index in [0.717, 1.165) is 30.9 Å². The highest BCUT2D eigenvalue weighted by molar-refractivity contribution is 6.01. The van der Waals surface area contributed by atoms with Gasteiger partial charge in [-0.2, -0.15) is 5.10 Å². The van der Waals surface area contributed by atoms with Gasteiger partial charge in [0.05, 0.1) is 11.4 Å². The van der Waals surface area contributed by atoms with Crippen LogP contribution in [-0.4, -0.2) is 22.9 Å². The van der Waals surface area contributed by atoms with Crippen LogP contribution < -0.4 is 10.7 Å². The first-order chi connectivity index (χ1) is 8.33. The minimum atomic E-state index is -0.200. The van der Waals surface area contributed by atoms with Crippen LogP contribution in [0.1, 0.15) is 25.0 Å². The number of rotatable bonds is 3. The van der Waals surface area contributed by atoms with Crippen molar-refractivity contribution in [1.82, 2.24) is 15.3 Å². The summed E-state index contributed by atoms with van der Waals surface area (Å²) < 4.78 is 2.14. The molecular formula is C12H16N4O. The maximum atomic E-state index is 11.4. The van der Waals surface area contributed by atoms with E-state index in [9.17, 15) is 4.79 Å². The molecule has 0 aromatic carbocycles. The van der Waals surface area contributed by atoms with Gasteiger partial charge in [0, 0.05) is 25.7 Å². The third-order valence-corrected chi connectivity index (χ3v) is 3.26. The van der Waals surface area contributed by atoms with E-state index in [1.165, 1.54) is 12.8 Å². The number of nitrogens with one attached hydrogen (secondary N) is 2. The van der Waals surface area contributed by atoms with Gasteiger partial charge >= 0.3 is 6.03 Å². The van der Waals surface area contributed by atoms with E-state index in [1.807, 2.05) is 18.3 Å². The number of carbonyl (C=O) groups is 1. The van der Waals surface area contributed by atoms with Crippen LogP contribution in [0.25, 0.3) is 0 Å². The largest absolute Gasteiger partial charge is 0.346 e. The SMILES string of the molecule is O=C(NCC1CC1)N/N=C1/CCn2cccc21. The molecule has 0 spiro atoms. The van der Waals surface area contributed by atoms with Crippen molar-refractivity contribution in [1.29, 1.82) is 0 Å². The third kappa shape index (κ3) is 2.33. The molecule has 1 saturated carbocycles. The monoisotopic (exact) mass is 232 g/mol. The van der Waals surface area contributed by atoms with E-state index in [-0.39, 0.29) is 6.03 Å². The van der Waals surface area contributed by atoms with E-state index < -0.39 is 0 Å². The molecule has 0 saturated heterocycles. The van der Waals surface area contributed by atoms with Crippen molar-refractivity contribution >= 4 is 11.7 Å². The lowest BCUT2D eigenvalue weighted by Gasteiger charge is -2.03. The van der Waals surface area contributed by atoms with E-state index in [2.05, 4.69) is 20.4 Å². The average molecular weight is 232 g/mol. The highest BCUT2D eigenvalue weighted by Gasteiger charge is 2.21. The topological polar surface area (TPSA) is 58.4 Å². The van der Waals surface area contributed by atoms with Gasteiger partial charge in [0.25, 0.3) is 0 Å². The molecule has 5 heteroatoms. The highest BCUT2D eigenvalue weighted by atomic mass is 16.2. The summed E-state index contributed by atoms with van der Waals surface area (Å²) in [6, 6.07) is 3.82. The van der Waals surface area contributed by atoms with E-state index in [4.69, 9.17) is 0 Å². The summed E-state index contributed by atoms with van der Waals surface area (Å²) in [5, 5.41) is 6.99. The molecule has 2 aliphatic rings. The second-order valence-corrected chi connectivity index (χ2v) is 4.66. The number of hydrogen-bond donors (Lipinski definition) is 2. The van der Waals surface area contributed by atoms with Gasteiger partial charge in [0.1, 0.15) is 0 Å². The summed E-state index contributed by atoms with van der Waals surface area (Å²) in [5.74, 6) is 0.692. The fourth-order valence-electron chi connectivity index (χ4n) is 2.06. The van der Waals surface area contributed by atoms with Gasteiger partial charge in [0.2, 0.25) is 0 Å². The van der Waals surface area contributed by atoms with Crippen LogP contribution in [0, 0.1) is 5.92 Å². The lowest BCUT2D eigenvalue weighted by molar-refractivity contribution is 0.241. The standard InChI is InChI=1S/C12H16N4O/c17-12(13-8-9-3-4-9)15-14-10-5-7-16-6-1-2-11(10)16/h1-2,6,9H,3-5,7-8H2,(H2,13,15,17)/b14-10-. The van der Waals surface area contributed by atoms with Crippen LogP contribution in [0.2, 0.25) is 0 Å². The Balaban J connectivity index is 1.54. The molecule has 2 N–H and O–H groups in total. The normalized spacial score (nSPS) is 20.4. The Hall–Kier alpha value is -1.78. The summed E-state index contributed by atoms with van der Waals surface area (Å²) in [6.07, 6.45) is 5.40. The Kier molecular flexibility index (Phi) is 2.59. The Morgan fingerprint density at radius 2 is 2.41 bits per heavy atom. The number of hydrogen-bond acceptors (Lipinski definition) is 2. The molecule has 1 aromatic heterocycles. The van der Waals surface area contributed by atoms with Crippen molar-refractivity contribution in [2.45, 2.75) is 25.8 Å². The van der Waals surface area contributed by atoms with Gasteiger partial charge in [-0.15, -0.1) is 0 Å². The molecule has 5 nitrogen and oxygen atoms in total. The van der Waals surface area contributed by atoms with Crippen molar-refractivity contribution in [3.8, 4) is 0 Å². The van der Waals surface area contributed by atoms with Gasteiger partial charge < -0.3 is 9.88 Å². The second-order valence-electron chi connectivity index (χ2n) is 4.66. The van der Waals surface area contributed by atoms with Crippen molar-refractivity contribution in [2.24, 2.45) is 11.0 Å². The van der Waals surface area contributed by atoms with Gasteiger partial charge in [-0.25, -0.2) is 10.2 Å². The Bertz CT molecular complexity index is 459. The fourth-order valence-corrected chi connectivity index (χ4v) is 2.06. The van der Waals surface area contributed by atoms with Gasteiger partial charge in [-0.3, -0.25) is 0 Å². The number of nitrogens with zero attached hydrogens (tertiary/aromatic N) is 2. The molecule has 3 rings (SSSR count). The molecule has 0 unspecified atom stereocenters. The molecule has 0 bridgehead atoms. The minimum absolute atomic E-state index is 0.200. The number of carbonyl (C=O) groups excluding carboxylic acids is 1. The van der Waals surface area contributed by atoms with Gasteiger partial charge in [-0.05, 0) is 30.9 Å².